The number of anilines is 1. The normalized spacial score (nSPS) is 11.1. The summed E-state index contributed by atoms with van der Waals surface area (Å²) >= 11 is 0. The summed E-state index contributed by atoms with van der Waals surface area (Å²) in [6.07, 6.45) is 2.64. The van der Waals surface area contributed by atoms with Gasteiger partial charge >= 0.3 is 5.97 Å². The van der Waals surface area contributed by atoms with Gasteiger partial charge in [0.2, 0.25) is 0 Å². The molecule has 1 heterocycles. The zero-order valence-corrected chi connectivity index (χ0v) is 13.3. The molecule has 0 atom stereocenters. The van der Waals surface area contributed by atoms with Crippen LogP contribution in [0.15, 0.2) is 30.6 Å². The first-order chi connectivity index (χ1) is 11.1. The van der Waals surface area contributed by atoms with Crippen molar-refractivity contribution in [3.63, 3.8) is 0 Å². The van der Waals surface area contributed by atoms with E-state index in [0.29, 0.717) is 5.56 Å². The summed E-state index contributed by atoms with van der Waals surface area (Å²) in [6.45, 7) is 4.63. The molecule has 0 aliphatic carbocycles. The molecule has 0 bridgehead atoms. The van der Waals surface area contributed by atoms with E-state index in [2.05, 4.69) is 10.4 Å². The lowest BCUT2D eigenvalue weighted by molar-refractivity contribution is -0.385. The SMILES string of the molecule is Cc1ccc([N+](=O)[O-])c(C(=O)Nc2cnn(C(C)(C)C(=O)O)c2)c1. The molecule has 2 rings (SSSR count). The number of nitro benzene ring substituents is 1. The Kier molecular flexibility index (Phi) is 4.36. The first-order valence-electron chi connectivity index (χ1n) is 6.98. The Labute approximate surface area is 137 Å². The third-order valence-corrected chi connectivity index (χ3v) is 3.53. The number of carboxylic acid groups (broad SMARTS) is 1. The molecule has 1 aromatic carbocycles. The van der Waals surface area contributed by atoms with Gasteiger partial charge in [-0.25, -0.2) is 4.79 Å². The van der Waals surface area contributed by atoms with E-state index in [9.17, 15) is 19.7 Å². The number of carbonyl (C=O) groups excluding carboxylic acids is 1. The monoisotopic (exact) mass is 332 g/mol. The molecule has 9 nitrogen and oxygen atoms in total. The van der Waals surface area contributed by atoms with Crippen LogP contribution in [0.5, 0.6) is 0 Å². The van der Waals surface area contributed by atoms with Crippen LogP contribution in [0.25, 0.3) is 0 Å². The van der Waals surface area contributed by atoms with E-state index < -0.39 is 22.3 Å². The standard InChI is InChI=1S/C15H16N4O5/c1-9-4-5-12(19(23)24)11(6-9)13(20)17-10-7-16-18(8-10)15(2,3)14(21)22/h4-8H,1-3H3,(H,17,20)(H,21,22). The van der Waals surface area contributed by atoms with Gasteiger partial charge in [0, 0.05) is 12.3 Å². The van der Waals surface area contributed by atoms with Crippen molar-refractivity contribution >= 4 is 23.3 Å². The Morgan fingerprint density at radius 3 is 2.62 bits per heavy atom. The molecule has 0 fully saturated rings. The molecular weight excluding hydrogens is 316 g/mol. The summed E-state index contributed by atoms with van der Waals surface area (Å²) in [6, 6.07) is 4.22. The predicted molar refractivity (Wildman–Crippen MR) is 85.0 cm³/mol. The van der Waals surface area contributed by atoms with Gasteiger partial charge in [0.1, 0.15) is 5.56 Å². The number of nitrogens with one attached hydrogen (secondary N) is 1. The maximum Gasteiger partial charge on any atom is 0.331 e. The van der Waals surface area contributed by atoms with Gasteiger partial charge in [-0.05, 0) is 32.4 Å². The highest BCUT2D eigenvalue weighted by Crippen LogP contribution is 2.22. The van der Waals surface area contributed by atoms with Crippen molar-refractivity contribution < 1.29 is 19.6 Å². The third-order valence-electron chi connectivity index (χ3n) is 3.53. The molecule has 0 aliphatic rings. The number of benzene rings is 1. The van der Waals surface area contributed by atoms with Crippen molar-refractivity contribution in [3.8, 4) is 0 Å². The molecule has 2 N–H and O–H groups in total. The summed E-state index contributed by atoms with van der Waals surface area (Å²) in [5.74, 6) is -1.75. The Hall–Kier alpha value is -3.23. The first kappa shape index (κ1) is 17.1. The number of hydrogen-bond donors (Lipinski definition) is 2. The van der Waals surface area contributed by atoms with E-state index in [1.54, 1.807) is 13.0 Å². The van der Waals surface area contributed by atoms with Crippen LogP contribution in [-0.2, 0) is 10.3 Å². The van der Waals surface area contributed by atoms with Crippen molar-refractivity contribution in [3.05, 3.63) is 51.8 Å². The average molecular weight is 332 g/mol. The van der Waals surface area contributed by atoms with Crippen LogP contribution >= 0.6 is 0 Å². The van der Waals surface area contributed by atoms with Gasteiger partial charge in [-0.1, -0.05) is 6.07 Å². The Morgan fingerprint density at radius 1 is 1.38 bits per heavy atom. The van der Waals surface area contributed by atoms with Gasteiger partial charge < -0.3 is 10.4 Å². The number of aryl methyl sites for hydroxylation is 1. The number of carboxylic acids is 1. The van der Waals surface area contributed by atoms with E-state index >= 15 is 0 Å². The van der Waals surface area contributed by atoms with Crippen molar-refractivity contribution in [2.75, 3.05) is 5.32 Å². The lowest BCUT2D eigenvalue weighted by Crippen LogP contribution is -2.35. The van der Waals surface area contributed by atoms with Crippen LogP contribution < -0.4 is 5.32 Å². The molecule has 1 aromatic heterocycles. The molecular formula is C15H16N4O5. The van der Waals surface area contributed by atoms with Crippen LogP contribution in [0.2, 0.25) is 0 Å². The molecule has 9 heteroatoms. The molecule has 0 spiro atoms. The minimum Gasteiger partial charge on any atom is -0.479 e. The van der Waals surface area contributed by atoms with Crippen molar-refractivity contribution in [1.82, 2.24) is 9.78 Å². The van der Waals surface area contributed by atoms with Gasteiger partial charge in [-0.2, -0.15) is 5.10 Å². The second-order valence-corrected chi connectivity index (χ2v) is 5.77. The Balaban J connectivity index is 2.29. The van der Waals surface area contributed by atoms with Crippen LogP contribution in [-0.4, -0.2) is 31.7 Å². The minimum absolute atomic E-state index is 0.0785. The number of rotatable bonds is 5. The van der Waals surface area contributed by atoms with Gasteiger partial charge in [0.25, 0.3) is 11.6 Å². The lowest BCUT2D eigenvalue weighted by Gasteiger charge is -2.19. The zero-order chi connectivity index (χ0) is 18.1. The quantitative estimate of drug-likeness (QED) is 0.638. The third kappa shape index (κ3) is 3.24. The molecule has 1 amide bonds. The van der Waals surface area contributed by atoms with Gasteiger partial charge in [0.15, 0.2) is 5.54 Å². The van der Waals surface area contributed by atoms with Crippen LogP contribution in [0.1, 0.15) is 29.8 Å². The van der Waals surface area contributed by atoms with E-state index in [0.717, 1.165) is 0 Å². The van der Waals surface area contributed by atoms with Crippen LogP contribution in [0.3, 0.4) is 0 Å². The summed E-state index contributed by atoms with van der Waals surface area (Å²) in [4.78, 5) is 33.9. The highest BCUT2D eigenvalue weighted by atomic mass is 16.6. The number of amides is 1. The highest BCUT2D eigenvalue weighted by molar-refractivity contribution is 6.07. The molecule has 2 aromatic rings. The maximum atomic E-state index is 12.3. The number of hydrogen-bond acceptors (Lipinski definition) is 5. The van der Waals surface area contributed by atoms with E-state index in [1.807, 2.05) is 0 Å². The molecule has 126 valence electrons. The smallest absolute Gasteiger partial charge is 0.331 e. The fourth-order valence-electron chi connectivity index (χ4n) is 1.98. The molecule has 0 saturated heterocycles. The molecule has 0 unspecified atom stereocenters. The molecule has 0 radical (unpaired) electrons. The molecule has 0 aliphatic heterocycles. The van der Waals surface area contributed by atoms with Crippen molar-refractivity contribution in [2.45, 2.75) is 26.3 Å². The average Bonchev–Trinajstić information content (AvgIpc) is 2.95. The second-order valence-electron chi connectivity index (χ2n) is 5.77. The van der Waals surface area contributed by atoms with Crippen molar-refractivity contribution in [2.24, 2.45) is 0 Å². The maximum absolute atomic E-state index is 12.3. The number of aromatic nitrogens is 2. The topological polar surface area (TPSA) is 127 Å². The lowest BCUT2D eigenvalue weighted by atomic mass is 10.1. The summed E-state index contributed by atoms with van der Waals surface area (Å²) in [5, 5.41) is 26.6. The van der Waals surface area contributed by atoms with Crippen LogP contribution in [0, 0.1) is 17.0 Å². The number of nitrogens with zero attached hydrogens (tertiary/aromatic N) is 3. The highest BCUT2D eigenvalue weighted by Gasteiger charge is 2.30. The summed E-state index contributed by atoms with van der Waals surface area (Å²) in [5.41, 5.74) is -0.738. The second kappa shape index (κ2) is 6.11. The van der Waals surface area contributed by atoms with Crippen LogP contribution in [0.4, 0.5) is 11.4 Å². The minimum atomic E-state index is -1.29. The van der Waals surface area contributed by atoms with Gasteiger partial charge in [-0.15, -0.1) is 0 Å². The largest absolute Gasteiger partial charge is 0.479 e. The molecule has 0 saturated carbocycles. The molecule has 24 heavy (non-hydrogen) atoms. The zero-order valence-electron chi connectivity index (χ0n) is 13.3. The van der Waals surface area contributed by atoms with Gasteiger partial charge in [0.05, 0.1) is 16.8 Å². The fraction of sp³-hybridized carbons (Fsp3) is 0.267. The summed E-state index contributed by atoms with van der Waals surface area (Å²) in [7, 11) is 0. The van der Waals surface area contributed by atoms with E-state index in [-0.39, 0.29) is 16.9 Å². The van der Waals surface area contributed by atoms with E-state index in [1.165, 1.54) is 43.1 Å². The van der Waals surface area contributed by atoms with E-state index in [4.69, 9.17) is 5.11 Å². The summed E-state index contributed by atoms with van der Waals surface area (Å²) < 4.78 is 1.19. The number of nitro groups is 1. The fourth-order valence-corrected chi connectivity index (χ4v) is 1.98. The number of aliphatic carboxylic acids is 1. The number of carbonyl (C=O) groups is 2. The van der Waals surface area contributed by atoms with Gasteiger partial charge in [-0.3, -0.25) is 19.6 Å². The Morgan fingerprint density at radius 2 is 2.04 bits per heavy atom. The predicted octanol–water partition coefficient (Wildman–Crippen LogP) is 2.17. The first-order valence-corrected chi connectivity index (χ1v) is 6.98. The van der Waals surface area contributed by atoms with Crippen molar-refractivity contribution in [1.29, 1.82) is 0 Å². The Bertz CT molecular complexity index is 825.